The van der Waals surface area contributed by atoms with Gasteiger partial charge in [-0.2, -0.15) is 0 Å². The van der Waals surface area contributed by atoms with Crippen molar-refractivity contribution >= 4 is 22.8 Å². The van der Waals surface area contributed by atoms with Crippen LogP contribution in [0.15, 0.2) is 30.3 Å². The molecule has 1 amide bonds. The normalized spacial score (nSPS) is 12.5. The summed E-state index contributed by atoms with van der Waals surface area (Å²) in [5.41, 5.74) is 1.66. The van der Waals surface area contributed by atoms with E-state index in [1.807, 2.05) is 37.3 Å². The maximum absolute atomic E-state index is 12.3. The summed E-state index contributed by atoms with van der Waals surface area (Å²) in [5, 5.41) is 12.0. The predicted molar refractivity (Wildman–Crippen MR) is 76.9 cm³/mol. The van der Waals surface area contributed by atoms with Gasteiger partial charge in [-0.15, -0.1) is 0 Å². The van der Waals surface area contributed by atoms with Gasteiger partial charge in [0.05, 0.1) is 0 Å². The molecule has 0 aliphatic heterocycles. The average Bonchev–Trinajstić information content (AvgIpc) is 2.74. The molecule has 1 unspecified atom stereocenters. The van der Waals surface area contributed by atoms with Crippen LogP contribution >= 0.6 is 0 Å². The van der Waals surface area contributed by atoms with E-state index in [0.29, 0.717) is 0 Å². The lowest BCUT2D eigenvalue weighted by Crippen LogP contribution is -2.43. The maximum Gasteiger partial charge on any atom is 0.326 e. The lowest BCUT2D eigenvalue weighted by Gasteiger charge is -2.15. The molecule has 0 fully saturated rings. The lowest BCUT2D eigenvalue weighted by atomic mass is 10.2. The first kappa shape index (κ1) is 15.9. The van der Waals surface area contributed by atoms with Crippen LogP contribution < -0.4 is 5.32 Å². The Hall–Kier alpha value is -2.44. The van der Waals surface area contributed by atoms with Gasteiger partial charge in [-0.1, -0.05) is 18.2 Å². The summed E-state index contributed by atoms with van der Waals surface area (Å²) >= 11 is 0. The number of aryl methyl sites for hydroxylation is 1. The molecule has 1 aromatic carbocycles. The number of amides is 1. The van der Waals surface area contributed by atoms with Crippen LogP contribution in [0.2, 0.25) is 0 Å². The Kier molecular flexibility index (Phi) is 4.75. The van der Waals surface area contributed by atoms with Gasteiger partial charge in [0.1, 0.15) is 12.6 Å². The minimum atomic E-state index is -2.80. The van der Waals surface area contributed by atoms with Gasteiger partial charge in [0.15, 0.2) is 0 Å². The van der Waals surface area contributed by atoms with Crippen LogP contribution in [0.5, 0.6) is 0 Å². The number of para-hydroxylation sites is 1. The molecule has 0 aliphatic carbocycles. The topological polar surface area (TPSA) is 71.3 Å². The zero-order valence-electron chi connectivity index (χ0n) is 11.9. The van der Waals surface area contributed by atoms with Crippen LogP contribution in [0.4, 0.5) is 8.78 Å². The summed E-state index contributed by atoms with van der Waals surface area (Å²) in [6.07, 6.45) is -3.71. The number of hydrogen-bond donors (Lipinski definition) is 2. The van der Waals surface area contributed by atoms with Gasteiger partial charge in [-0.25, -0.2) is 13.6 Å². The summed E-state index contributed by atoms with van der Waals surface area (Å²) in [5.74, 6) is -2.08. The number of hydrogen-bond acceptors (Lipinski definition) is 2. The van der Waals surface area contributed by atoms with Gasteiger partial charge in [0.25, 0.3) is 0 Å². The van der Waals surface area contributed by atoms with Crippen molar-refractivity contribution in [2.24, 2.45) is 0 Å². The third-order valence-electron chi connectivity index (χ3n) is 3.37. The zero-order chi connectivity index (χ0) is 16.3. The smallest absolute Gasteiger partial charge is 0.326 e. The Bertz CT molecular complexity index is 697. The van der Waals surface area contributed by atoms with Crippen molar-refractivity contribution < 1.29 is 23.5 Å². The number of fused-ring (bicyclic) bond motifs is 1. The Labute approximate surface area is 125 Å². The van der Waals surface area contributed by atoms with Gasteiger partial charge in [-0.05, 0) is 24.4 Å². The predicted octanol–water partition coefficient (Wildman–Crippen LogP) is 2.17. The van der Waals surface area contributed by atoms with E-state index < -0.39 is 30.8 Å². The van der Waals surface area contributed by atoms with Crippen molar-refractivity contribution in [2.75, 3.05) is 0 Å². The molecular weight excluding hydrogens is 294 g/mol. The first-order valence-electron chi connectivity index (χ1n) is 6.73. The molecule has 1 atom stereocenters. The SMILES string of the molecule is Cc1cc2ccccc2n1CC(=O)NC(CC(F)F)C(=O)O. The quantitative estimate of drug-likeness (QED) is 0.859. The van der Waals surface area contributed by atoms with Crippen molar-refractivity contribution in [3.05, 3.63) is 36.0 Å². The number of alkyl halides is 2. The molecule has 2 aromatic rings. The van der Waals surface area contributed by atoms with Gasteiger partial charge < -0.3 is 15.0 Å². The van der Waals surface area contributed by atoms with E-state index in [2.05, 4.69) is 5.32 Å². The van der Waals surface area contributed by atoms with Crippen LogP contribution in [0, 0.1) is 6.92 Å². The number of carbonyl (C=O) groups excluding carboxylic acids is 1. The molecule has 5 nitrogen and oxygen atoms in total. The number of aromatic nitrogens is 1. The second-order valence-corrected chi connectivity index (χ2v) is 5.02. The molecule has 2 N–H and O–H groups in total. The highest BCUT2D eigenvalue weighted by molar-refractivity contribution is 5.86. The molecule has 0 bridgehead atoms. The fourth-order valence-corrected chi connectivity index (χ4v) is 2.34. The van der Waals surface area contributed by atoms with E-state index in [1.54, 1.807) is 4.57 Å². The molecule has 0 aliphatic rings. The molecule has 118 valence electrons. The number of rotatable bonds is 6. The summed E-state index contributed by atoms with van der Waals surface area (Å²) in [6.45, 7) is 1.70. The van der Waals surface area contributed by atoms with Crippen molar-refractivity contribution in [3.8, 4) is 0 Å². The third kappa shape index (κ3) is 3.60. The first-order chi connectivity index (χ1) is 10.4. The van der Waals surface area contributed by atoms with Gasteiger partial charge in [-0.3, -0.25) is 4.79 Å². The maximum atomic E-state index is 12.3. The molecule has 2 rings (SSSR count). The van der Waals surface area contributed by atoms with E-state index in [0.717, 1.165) is 16.6 Å². The molecule has 0 saturated carbocycles. The Balaban J connectivity index is 2.13. The molecule has 22 heavy (non-hydrogen) atoms. The van der Waals surface area contributed by atoms with Crippen LogP contribution in [0.1, 0.15) is 12.1 Å². The van der Waals surface area contributed by atoms with E-state index in [4.69, 9.17) is 5.11 Å². The van der Waals surface area contributed by atoms with Crippen molar-refractivity contribution in [1.29, 1.82) is 0 Å². The van der Waals surface area contributed by atoms with Crippen molar-refractivity contribution in [1.82, 2.24) is 9.88 Å². The summed E-state index contributed by atoms with van der Waals surface area (Å²) in [4.78, 5) is 22.9. The van der Waals surface area contributed by atoms with E-state index in [1.165, 1.54) is 0 Å². The zero-order valence-corrected chi connectivity index (χ0v) is 11.9. The highest BCUT2D eigenvalue weighted by Gasteiger charge is 2.24. The van der Waals surface area contributed by atoms with Crippen LogP contribution in [-0.4, -0.2) is 34.0 Å². The fraction of sp³-hybridized carbons (Fsp3) is 0.333. The van der Waals surface area contributed by atoms with E-state index in [9.17, 15) is 18.4 Å². The minimum absolute atomic E-state index is 0.119. The van der Waals surface area contributed by atoms with Gasteiger partial charge >= 0.3 is 5.97 Å². The third-order valence-corrected chi connectivity index (χ3v) is 3.37. The number of nitrogens with one attached hydrogen (secondary N) is 1. The number of carboxylic acid groups (broad SMARTS) is 1. The molecular formula is C15H16F2N2O3. The molecule has 1 heterocycles. The van der Waals surface area contributed by atoms with Crippen LogP contribution in [-0.2, 0) is 16.1 Å². The summed E-state index contributed by atoms with van der Waals surface area (Å²) in [6, 6.07) is 7.74. The molecule has 0 saturated heterocycles. The monoisotopic (exact) mass is 310 g/mol. The van der Waals surface area contributed by atoms with Crippen molar-refractivity contribution in [3.63, 3.8) is 0 Å². The van der Waals surface area contributed by atoms with Crippen molar-refractivity contribution in [2.45, 2.75) is 32.4 Å². The molecule has 7 heteroatoms. The number of nitrogens with zero attached hydrogens (tertiary/aromatic N) is 1. The van der Waals surface area contributed by atoms with Crippen LogP contribution in [0.25, 0.3) is 10.9 Å². The molecule has 0 spiro atoms. The summed E-state index contributed by atoms with van der Waals surface area (Å²) in [7, 11) is 0. The molecule has 1 aromatic heterocycles. The Morgan fingerprint density at radius 3 is 2.64 bits per heavy atom. The summed E-state index contributed by atoms with van der Waals surface area (Å²) < 4.78 is 26.4. The lowest BCUT2D eigenvalue weighted by molar-refractivity contribution is -0.143. The second kappa shape index (κ2) is 6.55. The van der Waals surface area contributed by atoms with E-state index >= 15 is 0 Å². The van der Waals surface area contributed by atoms with Gasteiger partial charge in [0, 0.05) is 17.6 Å². The Morgan fingerprint density at radius 1 is 1.32 bits per heavy atom. The number of carbonyl (C=O) groups is 2. The van der Waals surface area contributed by atoms with Gasteiger partial charge in [0.2, 0.25) is 12.3 Å². The number of carboxylic acids is 1. The fourth-order valence-electron chi connectivity index (χ4n) is 2.34. The first-order valence-corrected chi connectivity index (χ1v) is 6.73. The number of halogens is 2. The standard InChI is InChI=1S/C15H16F2N2O3/c1-9-6-10-4-2-3-5-12(10)19(9)8-14(20)18-11(15(21)22)7-13(16)17/h2-6,11,13H,7-8H2,1H3,(H,18,20)(H,21,22). The number of benzene rings is 1. The minimum Gasteiger partial charge on any atom is -0.480 e. The number of aliphatic carboxylic acids is 1. The largest absolute Gasteiger partial charge is 0.480 e. The second-order valence-electron chi connectivity index (χ2n) is 5.02. The average molecular weight is 310 g/mol. The van der Waals surface area contributed by atoms with Crippen LogP contribution in [0.3, 0.4) is 0 Å². The van der Waals surface area contributed by atoms with E-state index in [-0.39, 0.29) is 6.54 Å². The Morgan fingerprint density at radius 2 is 2.00 bits per heavy atom. The molecule has 0 radical (unpaired) electrons. The highest BCUT2D eigenvalue weighted by Crippen LogP contribution is 2.19. The highest BCUT2D eigenvalue weighted by atomic mass is 19.3.